The van der Waals surface area contributed by atoms with Crippen molar-refractivity contribution in [2.45, 2.75) is 13.3 Å². The van der Waals surface area contributed by atoms with Crippen LogP contribution in [-0.2, 0) is 14.3 Å². The number of hydrogen-bond acceptors (Lipinski definition) is 3. The van der Waals surface area contributed by atoms with E-state index in [-0.39, 0.29) is 5.91 Å². The number of esters is 1. The molecular formula is C13H15NO3. The Morgan fingerprint density at radius 3 is 2.59 bits per heavy atom. The van der Waals surface area contributed by atoms with Crippen molar-refractivity contribution in [3.63, 3.8) is 0 Å². The number of para-hydroxylation sites is 1. The number of amides is 1. The summed E-state index contributed by atoms with van der Waals surface area (Å²) in [5.41, 5.74) is 0.684. The van der Waals surface area contributed by atoms with Gasteiger partial charge in [0.15, 0.2) is 0 Å². The highest BCUT2D eigenvalue weighted by Crippen LogP contribution is 2.04. The Morgan fingerprint density at radius 2 is 1.94 bits per heavy atom. The molecule has 0 aliphatic rings. The van der Waals surface area contributed by atoms with Gasteiger partial charge in [0.25, 0.3) is 0 Å². The molecular weight excluding hydrogens is 218 g/mol. The van der Waals surface area contributed by atoms with Crippen LogP contribution in [0, 0.1) is 0 Å². The summed E-state index contributed by atoms with van der Waals surface area (Å²) in [6, 6.07) is 9.01. The molecule has 1 aromatic carbocycles. The first-order valence-corrected chi connectivity index (χ1v) is 5.43. The second-order valence-corrected chi connectivity index (χ2v) is 3.36. The Kier molecular flexibility index (Phi) is 5.51. The van der Waals surface area contributed by atoms with Crippen molar-refractivity contribution < 1.29 is 14.3 Å². The van der Waals surface area contributed by atoms with Crippen LogP contribution in [0.15, 0.2) is 42.5 Å². The van der Waals surface area contributed by atoms with E-state index >= 15 is 0 Å². The maximum atomic E-state index is 11.4. The Bertz CT molecular complexity index is 398. The van der Waals surface area contributed by atoms with Crippen molar-refractivity contribution in [2.24, 2.45) is 0 Å². The number of carbonyl (C=O) groups is 2. The molecule has 0 bridgehead atoms. The minimum atomic E-state index is -0.505. The van der Waals surface area contributed by atoms with Crippen molar-refractivity contribution in [2.75, 3.05) is 11.9 Å². The quantitative estimate of drug-likeness (QED) is 0.626. The van der Waals surface area contributed by atoms with Gasteiger partial charge in [0, 0.05) is 17.8 Å². The minimum absolute atomic E-state index is 0.357. The average Bonchev–Trinajstić information content (AvgIpc) is 2.35. The normalized spacial score (nSPS) is 10.2. The van der Waals surface area contributed by atoms with Crippen LogP contribution in [0.4, 0.5) is 5.69 Å². The molecule has 1 N–H and O–H groups in total. The largest absolute Gasteiger partial charge is 0.463 e. The third-order valence-corrected chi connectivity index (χ3v) is 1.86. The molecule has 0 heterocycles. The van der Waals surface area contributed by atoms with E-state index in [1.807, 2.05) is 25.1 Å². The molecule has 1 aromatic rings. The second-order valence-electron chi connectivity index (χ2n) is 3.36. The van der Waals surface area contributed by atoms with Crippen LogP contribution in [0.5, 0.6) is 0 Å². The lowest BCUT2D eigenvalue weighted by Gasteiger charge is -2.00. The lowest BCUT2D eigenvalue weighted by Crippen LogP contribution is -2.09. The summed E-state index contributed by atoms with van der Waals surface area (Å²) < 4.78 is 4.79. The zero-order valence-corrected chi connectivity index (χ0v) is 9.68. The molecule has 90 valence electrons. The molecule has 0 radical (unpaired) electrons. The van der Waals surface area contributed by atoms with Crippen LogP contribution in [0.1, 0.15) is 13.3 Å². The lowest BCUT2D eigenvalue weighted by atomic mass is 10.3. The fourth-order valence-corrected chi connectivity index (χ4v) is 1.10. The maximum Gasteiger partial charge on any atom is 0.330 e. The predicted molar refractivity (Wildman–Crippen MR) is 65.5 cm³/mol. The molecule has 0 atom stereocenters. The van der Waals surface area contributed by atoms with Gasteiger partial charge in [-0.25, -0.2) is 4.79 Å². The number of benzene rings is 1. The Labute approximate surface area is 100 Å². The van der Waals surface area contributed by atoms with Crippen LogP contribution >= 0.6 is 0 Å². The van der Waals surface area contributed by atoms with E-state index in [1.54, 1.807) is 12.1 Å². The van der Waals surface area contributed by atoms with Gasteiger partial charge in [-0.3, -0.25) is 4.79 Å². The van der Waals surface area contributed by atoms with Crippen LogP contribution < -0.4 is 5.32 Å². The number of nitrogens with one attached hydrogen (secondary N) is 1. The van der Waals surface area contributed by atoms with Gasteiger partial charge in [-0.15, -0.1) is 0 Å². The summed E-state index contributed by atoms with van der Waals surface area (Å²) >= 11 is 0. The van der Waals surface area contributed by atoms with Crippen molar-refractivity contribution in [3.05, 3.63) is 42.5 Å². The summed E-state index contributed by atoms with van der Waals surface area (Å²) in [5.74, 6) is -0.861. The molecule has 0 aliphatic carbocycles. The summed E-state index contributed by atoms with van der Waals surface area (Å²) in [6.07, 6.45) is 3.04. The van der Waals surface area contributed by atoms with Gasteiger partial charge in [0.05, 0.1) is 6.61 Å². The van der Waals surface area contributed by atoms with Crippen molar-refractivity contribution in [1.82, 2.24) is 0 Å². The monoisotopic (exact) mass is 233 g/mol. The van der Waals surface area contributed by atoms with Gasteiger partial charge in [0.1, 0.15) is 0 Å². The third kappa shape index (κ3) is 5.51. The summed E-state index contributed by atoms with van der Waals surface area (Å²) in [6.45, 7) is 2.27. The van der Waals surface area contributed by atoms with Gasteiger partial charge in [-0.05, 0) is 18.6 Å². The van der Waals surface area contributed by atoms with E-state index < -0.39 is 5.97 Å². The number of hydrogen-bond donors (Lipinski definition) is 1. The van der Waals surface area contributed by atoms with Crippen LogP contribution in [0.25, 0.3) is 0 Å². The van der Waals surface area contributed by atoms with Crippen molar-refractivity contribution >= 4 is 17.6 Å². The highest BCUT2D eigenvalue weighted by Gasteiger charge is 1.99. The SMILES string of the molecule is CCCOC(=O)C=CC(=O)Nc1ccccc1. The first-order valence-electron chi connectivity index (χ1n) is 5.43. The van der Waals surface area contributed by atoms with E-state index in [9.17, 15) is 9.59 Å². The highest BCUT2D eigenvalue weighted by atomic mass is 16.5. The van der Waals surface area contributed by atoms with E-state index in [2.05, 4.69) is 5.32 Å². The first kappa shape index (κ1) is 13.0. The maximum absolute atomic E-state index is 11.4. The highest BCUT2D eigenvalue weighted by molar-refractivity contribution is 6.02. The fraction of sp³-hybridized carbons (Fsp3) is 0.231. The topological polar surface area (TPSA) is 55.4 Å². The minimum Gasteiger partial charge on any atom is -0.463 e. The number of ether oxygens (including phenoxy) is 1. The van der Waals surface area contributed by atoms with E-state index in [1.165, 1.54) is 0 Å². The molecule has 0 aromatic heterocycles. The zero-order chi connectivity index (χ0) is 12.5. The predicted octanol–water partition coefficient (Wildman–Crippen LogP) is 2.13. The van der Waals surface area contributed by atoms with Gasteiger partial charge >= 0.3 is 5.97 Å². The van der Waals surface area contributed by atoms with Crippen LogP contribution in [0.2, 0.25) is 0 Å². The molecule has 0 fully saturated rings. The molecule has 4 heteroatoms. The van der Waals surface area contributed by atoms with E-state index in [0.717, 1.165) is 18.6 Å². The first-order chi connectivity index (χ1) is 8.22. The summed E-state index contributed by atoms with van der Waals surface area (Å²) in [4.78, 5) is 22.5. The Morgan fingerprint density at radius 1 is 1.24 bits per heavy atom. The van der Waals surface area contributed by atoms with Gasteiger partial charge < -0.3 is 10.1 Å². The molecule has 0 saturated carbocycles. The van der Waals surface area contributed by atoms with E-state index in [4.69, 9.17) is 4.74 Å². The Balaban J connectivity index is 2.39. The Hall–Kier alpha value is -2.10. The summed E-state index contributed by atoms with van der Waals surface area (Å²) in [5, 5.41) is 2.62. The molecule has 0 saturated heterocycles. The third-order valence-electron chi connectivity index (χ3n) is 1.86. The van der Waals surface area contributed by atoms with Crippen LogP contribution in [0.3, 0.4) is 0 Å². The summed E-state index contributed by atoms with van der Waals surface area (Å²) in [7, 11) is 0. The molecule has 1 amide bonds. The number of anilines is 1. The fourth-order valence-electron chi connectivity index (χ4n) is 1.10. The average molecular weight is 233 g/mol. The molecule has 1 rings (SSSR count). The lowest BCUT2D eigenvalue weighted by molar-refractivity contribution is -0.137. The number of carbonyl (C=O) groups excluding carboxylic acids is 2. The molecule has 0 unspecified atom stereocenters. The van der Waals surface area contributed by atoms with Gasteiger partial charge in [0.2, 0.25) is 5.91 Å². The van der Waals surface area contributed by atoms with Gasteiger partial charge in [-0.2, -0.15) is 0 Å². The molecule has 4 nitrogen and oxygen atoms in total. The van der Waals surface area contributed by atoms with Crippen LogP contribution in [-0.4, -0.2) is 18.5 Å². The smallest absolute Gasteiger partial charge is 0.330 e. The van der Waals surface area contributed by atoms with Crippen molar-refractivity contribution in [3.8, 4) is 0 Å². The standard InChI is InChI=1S/C13H15NO3/c1-2-10-17-13(16)9-8-12(15)14-11-6-4-3-5-7-11/h3-9H,2,10H2,1H3,(H,14,15). The second kappa shape index (κ2) is 7.22. The molecule has 0 aliphatic heterocycles. The van der Waals surface area contributed by atoms with Gasteiger partial charge in [-0.1, -0.05) is 25.1 Å². The molecule has 17 heavy (non-hydrogen) atoms. The van der Waals surface area contributed by atoms with E-state index in [0.29, 0.717) is 12.3 Å². The number of rotatable bonds is 5. The zero-order valence-electron chi connectivity index (χ0n) is 9.68. The molecule has 0 spiro atoms. The van der Waals surface area contributed by atoms with Crippen molar-refractivity contribution in [1.29, 1.82) is 0 Å².